The lowest BCUT2D eigenvalue weighted by Gasteiger charge is -1.92. The van der Waals surface area contributed by atoms with Crippen LogP contribution >= 0.6 is 21.6 Å². The first-order valence-corrected chi connectivity index (χ1v) is 7.10. The zero-order valence-electron chi connectivity index (χ0n) is 9.07. The number of nitrogens with zero attached hydrogens (tertiary/aromatic N) is 6. The Balaban J connectivity index is 1.91. The van der Waals surface area contributed by atoms with Gasteiger partial charge in [-0.15, -0.1) is 10.2 Å². The Morgan fingerprint density at radius 3 is 1.69 bits per heavy atom. The first-order valence-electron chi connectivity index (χ1n) is 4.95. The maximum Gasteiger partial charge on any atom is 0.219 e. The lowest BCUT2D eigenvalue weighted by atomic mass is 10.8. The van der Waals surface area contributed by atoms with Gasteiger partial charge in [-0.2, -0.15) is 0 Å². The molecule has 0 N–H and O–H groups in total. The highest BCUT2D eigenvalue weighted by molar-refractivity contribution is 8.76. The minimum absolute atomic E-state index is 0.736. The summed E-state index contributed by atoms with van der Waals surface area (Å²) in [5.74, 6) is 0. The van der Waals surface area contributed by atoms with Crippen molar-refractivity contribution in [2.45, 2.75) is 37.2 Å². The zero-order valence-corrected chi connectivity index (χ0v) is 10.7. The second kappa shape index (κ2) is 5.35. The van der Waals surface area contributed by atoms with E-state index in [1.54, 1.807) is 22.0 Å². The minimum Gasteiger partial charge on any atom is -0.252 e. The predicted molar refractivity (Wildman–Crippen MR) is 63.1 cm³/mol. The summed E-state index contributed by atoms with van der Waals surface area (Å²) in [5, 5.41) is 9.98. The molecule has 0 bridgehead atoms. The average Bonchev–Trinajstić information content (AvgIpc) is 2.95. The van der Waals surface area contributed by atoms with Crippen molar-refractivity contribution in [2.24, 2.45) is 0 Å². The SMILES string of the molecule is CCn1cnc(SSc2ncn(CC)n2)n1. The van der Waals surface area contributed by atoms with Gasteiger partial charge in [-0.1, -0.05) is 0 Å². The van der Waals surface area contributed by atoms with E-state index in [1.807, 2.05) is 13.8 Å². The number of hydrogen-bond donors (Lipinski definition) is 0. The average molecular weight is 256 g/mol. The van der Waals surface area contributed by atoms with Crippen LogP contribution in [0.1, 0.15) is 13.8 Å². The predicted octanol–water partition coefficient (Wildman–Crippen LogP) is 1.71. The molecule has 0 fully saturated rings. The third-order valence-corrected chi connectivity index (χ3v) is 3.77. The van der Waals surface area contributed by atoms with E-state index in [0.717, 1.165) is 23.4 Å². The standard InChI is InChI=1S/C8H12N6S2/c1-3-13-5-9-7(11-13)15-16-8-10-6-14(4-2)12-8/h5-6H,3-4H2,1-2H3. The third-order valence-electron chi connectivity index (χ3n) is 1.87. The van der Waals surface area contributed by atoms with Crippen LogP contribution < -0.4 is 0 Å². The van der Waals surface area contributed by atoms with Gasteiger partial charge in [0.25, 0.3) is 0 Å². The van der Waals surface area contributed by atoms with Crippen molar-refractivity contribution in [1.82, 2.24) is 29.5 Å². The Morgan fingerprint density at radius 2 is 1.38 bits per heavy atom. The number of hydrogen-bond acceptors (Lipinski definition) is 6. The molecular weight excluding hydrogens is 244 g/mol. The van der Waals surface area contributed by atoms with Gasteiger partial charge in [0.1, 0.15) is 12.7 Å². The van der Waals surface area contributed by atoms with Crippen molar-refractivity contribution in [3.8, 4) is 0 Å². The van der Waals surface area contributed by atoms with Crippen molar-refractivity contribution in [1.29, 1.82) is 0 Å². The zero-order chi connectivity index (χ0) is 11.4. The number of rotatable bonds is 5. The molecule has 2 aromatic heterocycles. The van der Waals surface area contributed by atoms with Crippen molar-refractivity contribution >= 4 is 21.6 Å². The Bertz CT molecular complexity index is 409. The van der Waals surface area contributed by atoms with E-state index in [1.165, 1.54) is 21.6 Å². The fourth-order valence-corrected chi connectivity index (χ4v) is 2.52. The van der Waals surface area contributed by atoms with Crippen LogP contribution in [0, 0.1) is 0 Å². The highest BCUT2D eigenvalue weighted by atomic mass is 33.1. The van der Waals surface area contributed by atoms with E-state index >= 15 is 0 Å². The normalized spacial score (nSPS) is 10.9. The summed E-state index contributed by atoms with van der Waals surface area (Å²) < 4.78 is 3.59. The van der Waals surface area contributed by atoms with Gasteiger partial charge in [0.2, 0.25) is 10.3 Å². The van der Waals surface area contributed by atoms with Gasteiger partial charge >= 0.3 is 0 Å². The summed E-state index contributed by atoms with van der Waals surface area (Å²) in [6.45, 7) is 5.73. The molecular formula is C8H12N6S2. The molecule has 6 nitrogen and oxygen atoms in total. The van der Waals surface area contributed by atoms with E-state index in [-0.39, 0.29) is 0 Å². The summed E-state index contributed by atoms with van der Waals surface area (Å²) in [6.07, 6.45) is 3.45. The molecule has 0 aromatic carbocycles. The van der Waals surface area contributed by atoms with Gasteiger partial charge in [-0.25, -0.2) is 9.97 Å². The largest absolute Gasteiger partial charge is 0.252 e. The van der Waals surface area contributed by atoms with E-state index in [2.05, 4.69) is 20.2 Å². The third kappa shape index (κ3) is 2.76. The molecule has 2 rings (SSSR count). The Labute approximate surface area is 101 Å². The first kappa shape index (κ1) is 11.5. The topological polar surface area (TPSA) is 61.4 Å². The fraction of sp³-hybridized carbons (Fsp3) is 0.500. The second-order valence-electron chi connectivity index (χ2n) is 2.93. The molecule has 0 unspecified atom stereocenters. The van der Waals surface area contributed by atoms with Gasteiger partial charge in [-0.3, -0.25) is 9.36 Å². The minimum atomic E-state index is 0.736. The van der Waals surface area contributed by atoms with Crippen LogP contribution in [0.4, 0.5) is 0 Å². The highest BCUT2D eigenvalue weighted by Crippen LogP contribution is 2.32. The van der Waals surface area contributed by atoms with Crippen LogP contribution in [0.3, 0.4) is 0 Å². The van der Waals surface area contributed by atoms with Crippen molar-refractivity contribution < 1.29 is 0 Å². The molecule has 8 heteroatoms. The fourth-order valence-electron chi connectivity index (χ4n) is 1.01. The molecule has 0 aliphatic rings. The second-order valence-corrected chi connectivity index (χ2v) is 5.00. The van der Waals surface area contributed by atoms with Crippen LogP contribution in [0.2, 0.25) is 0 Å². The summed E-state index contributed by atoms with van der Waals surface area (Å²) in [5.41, 5.74) is 0. The molecule has 16 heavy (non-hydrogen) atoms. The van der Waals surface area contributed by atoms with Gasteiger partial charge in [0.15, 0.2) is 0 Å². The molecule has 0 amide bonds. The van der Waals surface area contributed by atoms with E-state index < -0.39 is 0 Å². The molecule has 0 radical (unpaired) electrons. The maximum atomic E-state index is 4.26. The summed E-state index contributed by atoms with van der Waals surface area (Å²) in [6, 6.07) is 0. The van der Waals surface area contributed by atoms with Gasteiger partial charge in [-0.05, 0) is 35.4 Å². The monoisotopic (exact) mass is 256 g/mol. The molecule has 2 heterocycles. The van der Waals surface area contributed by atoms with Crippen LogP contribution in [0.5, 0.6) is 0 Å². The Morgan fingerprint density at radius 1 is 0.938 bits per heavy atom. The van der Waals surface area contributed by atoms with Crippen molar-refractivity contribution in [3.63, 3.8) is 0 Å². The van der Waals surface area contributed by atoms with E-state index in [0.29, 0.717) is 0 Å². The molecule has 0 saturated heterocycles. The molecule has 0 atom stereocenters. The number of aromatic nitrogens is 6. The van der Waals surface area contributed by atoms with Crippen LogP contribution in [0.15, 0.2) is 23.0 Å². The van der Waals surface area contributed by atoms with Crippen molar-refractivity contribution in [2.75, 3.05) is 0 Å². The molecule has 0 saturated carbocycles. The number of aryl methyl sites for hydroxylation is 2. The van der Waals surface area contributed by atoms with Crippen LogP contribution in [-0.2, 0) is 13.1 Å². The van der Waals surface area contributed by atoms with Crippen LogP contribution in [-0.4, -0.2) is 29.5 Å². The van der Waals surface area contributed by atoms with Gasteiger partial charge < -0.3 is 0 Å². The summed E-state index contributed by atoms with van der Waals surface area (Å²) in [7, 11) is 2.94. The Kier molecular flexibility index (Phi) is 3.83. The van der Waals surface area contributed by atoms with Crippen LogP contribution in [0.25, 0.3) is 0 Å². The summed E-state index contributed by atoms with van der Waals surface area (Å²) in [4.78, 5) is 8.32. The molecule has 86 valence electrons. The molecule has 0 spiro atoms. The molecule has 2 aromatic rings. The van der Waals surface area contributed by atoms with E-state index in [9.17, 15) is 0 Å². The maximum absolute atomic E-state index is 4.26. The lowest BCUT2D eigenvalue weighted by Crippen LogP contribution is -1.93. The highest BCUT2D eigenvalue weighted by Gasteiger charge is 2.05. The van der Waals surface area contributed by atoms with Gasteiger partial charge in [0.05, 0.1) is 0 Å². The van der Waals surface area contributed by atoms with E-state index in [4.69, 9.17) is 0 Å². The summed E-state index contributed by atoms with van der Waals surface area (Å²) >= 11 is 0. The van der Waals surface area contributed by atoms with Crippen molar-refractivity contribution in [3.05, 3.63) is 12.7 Å². The van der Waals surface area contributed by atoms with Gasteiger partial charge in [0, 0.05) is 13.1 Å². The first-order chi connectivity index (χ1) is 7.81. The smallest absolute Gasteiger partial charge is 0.219 e. The Hall–Kier alpha value is -1.02. The lowest BCUT2D eigenvalue weighted by molar-refractivity contribution is 0.641. The molecule has 0 aliphatic heterocycles. The molecule has 0 aliphatic carbocycles. The quantitative estimate of drug-likeness (QED) is 0.759.